The molecule has 0 aliphatic carbocycles. The van der Waals surface area contributed by atoms with Crippen LogP contribution in [0.1, 0.15) is 5.56 Å². The van der Waals surface area contributed by atoms with E-state index in [4.69, 9.17) is 11.6 Å². The van der Waals surface area contributed by atoms with Crippen LogP contribution >= 0.6 is 50.6 Å². The third-order valence-electron chi connectivity index (χ3n) is 3.10. The molecule has 0 aliphatic rings. The van der Waals surface area contributed by atoms with Crippen molar-refractivity contribution in [1.82, 2.24) is 4.98 Å². The van der Waals surface area contributed by atoms with Crippen molar-refractivity contribution < 1.29 is 4.79 Å². The van der Waals surface area contributed by atoms with Crippen molar-refractivity contribution >= 4 is 72.4 Å². The molecule has 0 saturated heterocycles. The number of amides is 1. The SMILES string of the molecule is Cc1cc(NC(=O)CSc2nc3cc(Cl)ccc3s2)ccc1Br. The number of thioether (sulfide) groups is 1. The number of rotatable bonds is 4. The molecule has 0 spiro atoms. The third kappa shape index (κ3) is 4.26. The second kappa shape index (κ2) is 7.21. The number of benzene rings is 2. The fraction of sp³-hybridized carbons (Fsp3) is 0.125. The minimum atomic E-state index is -0.0472. The number of carbonyl (C=O) groups excluding carboxylic acids is 1. The second-order valence-electron chi connectivity index (χ2n) is 4.89. The molecule has 118 valence electrons. The number of aryl methyl sites for hydroxylation is 1. The summed E-state index contributed by atoms with van der Waals surface area (Å²) in [6.07, 6.45) is 0. The molecule has 7 heteroatoms. The van der Waals surface area contributed by atoms with Gasteiger partial charge in [-0.05, 0) is 48.9 Å². The molecule has 0 saturated carbocycles. The Balaban J connectivity index is 1.62. The van der Waals surface area contributed by atoms with Gasteiger partial charge in [-0.2, -0.15) is 0 Å². The standard InChI is InChI=1S/C16H12BrClN2OS2/c1-9-6-11(3-4-12(9)17)19-15(21)8-22-16-20-13-7-10(18)2-5-14(13)23-16/h2-7H,8H2,1H3,(H,19,21). The average molecular weight is 428 g/mol. The molecule has 3 aromatic rings. The van der Waals surface area contributed by atoms with Gasteiger partial charge >= 0.3 is 0 Å². The van der Waals surface area contributed by atoms with Crippen LogP contribution in [0.25, 0.3) is 10.2 Å². The van der Waals surface area contributed by atoms with Crippen LogP contribution in [0.5, 0.6) is 0 Å². The van der Waals surface area contributed by atoms with Gasteiger partial charge < -0.3 is 5.32 Å². The van der Waals surface area contributed by atoms with Gasteiger partial charge in [-0.3, -0.25) is 4.79 Å². The second-order valence-corrected chi connectivity index (χ2v) is 8.44. The van der Waals surface area contributed by atoms with Crippen LogP contribution in [0.4, 0.5) is 5.69 Å². The van der Waals surface area contributed by atoms with Crippen molar-refractivity contribution in [2.45, 2.75) is 11.3 Å². The molecule has 3 nitrogen and oxygen atoms in total. The summed E-state index contributed by atoms with van der Waals surface area (Å²) in [6, 6.07) is 11.4. The van der Waals surface area contributed by atoms with Gasteiger partial charge in [-0.25, -0.2) is 4.98 Å². The highest BCUT2D eigenvalue weighted by Gasteiger charge is 2.09. The van der Waals surface area contributed by atoms with Gasteiger partial charge in [0.05, 0.1) is 16.0 Å². The predicted molar refractivity (Wildman–Crippen MR) is 103 cm³/mol. The van der Waals surface area contributed by atoms with Crippen LogP contribution in [0, 0.1) is 6.92 Å². The largest absolute Gasteiger partial charge is 0.325 e. The molecule has 1 heterocycles. The molecule has 0 atom stereocenters. The Labute approximate surface area is 155 Å². The molecule has 3 rings (SSSR count). The molecule has 0 fully saturated rings. The van der Waals surface area contributed by atoms with E-state index >= 15 is 0 Å². The number of hydrogen-bond donors (Lipinski definition) is 1. The molecule has 1 amide bonds. The Morgan fingerprint density at radius 2 is 2.17 bits per heavy atom. The Morgan fingerprint density at radius 3 is 2.96 bits per heavy atom. The number of thiazole rings is 1. The summed E-state index contributed by atoms with van der Waals surface area (Å²) in [5.41, 5.74) is 2.75. The van der Waals surface area contributed by atoms with Gasteiger partial charge in [0.25, 0.3) is 0 Å². The minimum Gasteiger partial charge on any atom is -0.325 e. The molecular weight excluding hydrogens is 416 g/mol. The lowest BCUT2D eigenvalue weighted by molar-refractivity contribution is -0.113. The summed E-state index contributed by atoms with van der Waals surface area (Å²) < 4.78 is 2.96. The highest BCUT2D eigenvalue weighted by molar-refractivity contribution is 9.10. The van der Waals surface area contributed by atoms with Crippen LogP contribution in [-0.4, -0.2) is 16.6 Å². The van der Waals surface area contributed by atoms with Crippen LogP contribution in [0.15, 0.2) is 45.2 Å². The van der Waals surface area contributed by atoms with Crippen LogP contribution < -0.4 is 5.32 Å². The minimum absolute atomic E-state index is 0.0472. The first-order valence-electron chi connectivity index (χ1n) is 6.76. The number of hydrogen-bond acceptors (Lipinski definition) is 4. The van der Waals surface area contributed by atoms with Crippen molar-refractivity contribution in [3.63, 3.8) is 0 Å². The quantitative estimate of drug-likeness (QED) is 0.539. The predicted octanol–water partition coefficient (Wildman–Crippen LogP) is 5.75. The smallest absolute Gasteiger partial charge is 0.234 e. The van der Waals surface area contributed by atoms with Gasteiger partial charge in [0.15, 0.2) is 4.34 Å². The summed E-state index contributed by atoms with van der Waals surface area (Å²) in [5, 5.41) is 3.57. The molecule has 0 aliphatic heterocycles. The lowest BCUT2D eigenvalue weighted by Crippen LogP contribution is -2.13. The van der Waals surface area contributed by atoms with E-state index in [2.05, 4.69) is 26.2 Å². The van der Waals surface area contributed by atoms with Gasteiger partial charge in [-0.15, -0.1) is 11.3 Å². The number of anilines is 1. The molecule has 0 unspecified atom stereocenters. The highest BCUT2D eigenvalue weighted by atomic mass is 79.9. The maximum atomic E-state index is 12.1. The van der Waals surface area contributed by atoms with Crippen molar-refractivity contribution in [3.05, 3.63) is 51.5 Å². The van der Waals surface area contributed by atoms with E-state index in [1.54, 1.807) is 11.3 Å². The molecule has 0 radical (unpaired) electrons. The van der Waals surface area contributed by atoms with E-state index in [-0.39, 0.29) is 5.91 Å². The van der Waals surface area contributed by atoms with Gasteiger partial charge in [-0.1, -0.05) is 39.3 Å². The van der Waals surface area contributed by atoms with Crippen molar-refractivity contribution in [1.29, 1.82) is 0 Å². The van der Waals surface area contributed by atoms with Crippen molar-refractivity contribution in [2.75, 3.05) is 11.1 Å². The van der Waals surface area contributed by atoms with E-state index in [1.165, 1.54) is 11.8 Å². The summed E-state index contributed by atoms with van der Waals surface area (Å²) >= 11 is 12.4. The summed E-state index contributed by atoms with van der Waals surface area (Å²) in [4.78, 5) is 16.6. The van der Waals surface area contributed by atoms with Crippen molar-refractivity contribution in [3.8, 4) is 0 Å². The van der Waals surface area contributed by atoms with Crippen LogP contribution in [-0.2, 0) is 4.79 Å². The molecule has 23 heavy (non-hydrogen) atoms. The number of fused-ring (bicyclic) bond motifs is 1. The molecule has 1 aromatic heterocycles. The monoisotopic (exact) mass is 426 g/mol. The summed E-state index contributed by atoms with van der Waals surface area (Å²) in [6.45, 7) is 1.99. The Hall–Kier alpha value is -1.08. The fourth-order valence-corrected chi connectivity index (χ4v) is 4.25. The number of carbonyl (C=O) groups is 1. The third-order valence-corrected chi connectivity index (χ3v) is 6.40. The number of nitrogens with one attached hydrogen (secondary N) is 1. The fourth-order valence-electron chi connectivity index (χ4n) is 1.99. The topological polar surface area (TPSA) is 42.0 Å². The van der Waals surface area contributed by atoms with Gasteiger partial charge in [0.2, 0.25) is 5.91 Å². The summed E-state index contributed by atoms with van der Waals surface area (Å²) in [7, 11) is 0. The lowest BCUT2D eigenvalue weighted by atomic mass is 10.2. The first kappa shape index (κ1) is 16.8. The molecule has 0 bridgehead atoms. The number of nitrogens with zero attached hydrogens (tertiary/aromatic N) is 1. The zero-order valence-electron chi connectivity index (χ0n) is 12.1. The summed E-state index contributed by atoms with van der Waals surface area (Å²) in [5.74, 6) is 0.275. The molecular formula is C16H12BrClN2OS2. The van der Waals surface area contributed by atoms with E-state index in [9.17, 15) is 4.79 Å². The first-order chi connectivity index (χ1) is 11.0. The van der Waals surface area contributed by atoms with Crippen LogP contribution in [0.3, 0.4) is 0 Å². The number of aromatic nitrogens is 1. The van der Waals surface area contributed by atoms with Gasteiger partial charge in [0, 0.05) is 15.2 Å². The Bertz CT molecular complexity index is 882. The first-order valence-corrected chi connectivity index (χ1v) is 9.73. The maximum Gasteiger partial charge on any atom is 0.234 e. The van der Waals surface area contributed by atoms with E-state index in [1.807, 2.05) is 43.3 Å². The zero-order valence-corrected chi connectivity index (χ0v) is 16.1. The normalized spacial score (nSPS) is 10.9. The van der Waals surface area contributed by atoms with E-state index in [0.717, 1.165) is 30.3 Å². The lowest BCUT2D eigenvalue weighted by Gasteiger charge is -2.06. The molecule has 2 aromatic carbocycles. The Morgan fingerprint density at radius 1 is 1.35 bits per heavy atom. The maximum absolute atomic E-state index is 12.1. The van der Waals surface area contributed by atoms with Crippen LogP contribution in [0.2, 0.25) is 5.02 Å². The van der Waals surface area contributed by atoms with E-state index < -0.39 is 0 Å². The molecule has 1 N–H and O–H groups in total. The van der Waals surface area contributed by atoms with Gasteiger partial charge in [0.1, 0.15) is 0 Å². The number of halogens is 2. The zero-order chi connectivity index (χ0) is 16.4. The van der Waals surface area contributed by atoms with Crippen molar-refractivity contribution in [2.24, 2.45) is 0 Å². The van der Waals surface area contributed by atoms with E-state index in [0.29, 0.717) is 10.8 Å². The highest BCUT2D eigenvalue weighted by Crippen LogP contribution is 2.31. The average Bonchev–Trinajstić information content (AvgIpc) is 2.91. The Kier molecular flexibility index (Phi) is 5.26.